The molecule has 100 valence electrons. The minimum Gasteiger partial charge on any atom is -0.486 e. The van der Waals surface area contributed by atoms with Crippen LogP contribution in [-0.2, 0) is 6.61 Å². The van der Waals surface area contributed by atoms with Crippen molar-refractivity contribution < 1.29 is 4.74 Å². The van der Waals surface area contributed by atoms with Crippen molar-refractivity contribution in [1.82, 2.24) is 4.98 Å². The third kappa shape index (κ3) is 3.64. The van der Waals surface area contributed by atoms with Crippen LogP contribution < -0.4 is 16.0 Å². The Hall–Kier alpha value is -1.20. The largest absolute Gasteiger partial charge is 0.486 e. The van der Waals surface area contributed by atoms with Crippen LogP contribution in [0, 0.1) is 0 Å². The minimum atomic E-state index is 0.176. The van der Waals surface area contributed by atoms with Crippen LogP contribution in [0.25, 0.3) is 0 Å². The Labute approximate surface area is 125 Å². The fourth-order valence-electron chi connectivity index (χ4n) is 1.40. The molecule has 2 aromatic rings. The van der Waals surface area contributed by atoms with E-state index in [0.29, 0.717) is 32.3 Å². The molecule has 0 spiro atoms. The van der Waals surface area contributed by atoms with E-state index in [1.54, 1.807) is 30.3 Å². The number of nitrogens with one attached hydrogen (secondary N) is 1. The highest BCUT2D eigenvalue weighted by Gasteiger charge is 2.07. The van der Waals surface area contributed by atoms with E-state index in [-0.39, 0.29) is 6.61 Å². The molecule has 0 fully saturated rings. The lowest BCUT2D eigenvalue weighted by Gasteiger charge is -2.10. The third-order valence-corrected chi connectivity index (χ3v) is 3.20. The van der Waals surface area contributed by atoms with Crippen molar-refractivity contribution in [2.24, 2.45) is 5.84 Å². The maximum absolute atomic E-state index is 6.02. The first-order chi connectivity index (χ1) is 9.10. The summed E-state index contributed by atoms with van der Waals surface area (Å²) in [5.41, 5.74) is 3.00. The number of hydrazine groups is 1. The average molecular weight is 319 g/mol. The molecule has 0 bridgehead atoms. The van der Waals surface area contributed by atoms with Gasteiger partial charge in [0.05, 0.1) is 15.7 Å². The number of nitrogens with two attached hydrogens (primary N) is 1. The number of ether oxygens (including phenoxy) is 1. The molecule has 1 aromatic carbocycles. The molecule has 0 atom stereocenters. The maximum atomic E-state index is 6.02. The summed E-state index contributed by atoms with van der Waals surface area (Å²) < 4.78 is 5.55. The predicted molar refractivity (Wildman–Crippen MR) is 77.9 cm³/mol. The van der Waals surface area contributed by atoms with Gasteiger partial charge in [0.1, 0.15) is 18.2 Å². The normalized spacial score (nSPS) is 10.3. The Balaban J connectivity index is 2.14. The second-order valence-electron chi connectivity index (χ2n) is 3.63. The zero-order valence-corrected chi connectivity index (χ0v) is 11.9. The molecule has 0 amide bonds. The van der Waals surface area contributed by atoms with Gasteiger partial charge in [-0.15, -0.1) is 0 Å². The van der Waals surface area contributed by atoms with E-state index in [9.17, 15) is 0 Å². The van der Waals surface area contributed by atoms with Crippen LogP contribution in [-0.4, -0.2) is 4.98 Å². The summed E-state index contributed by atoms with van der Waals surface area (Å²) in [6.07, 6.45) is 0. The number of benzene rings is 1. The van der Waals surface area contributed by atoms with Crippen molar-refractivity contribution >= 4 is 40.6 Å². The highest BCUT2D eigenvalue weighted by molar-refractivity contribution is 6.35. The summed E-state index contributed by atoms with van der Waals surface area (Å²) >= 11 is 17.8. The molecule has 7 heteroatoms. The number of pyridine rings is 1. The number of halogens is 3. The molecule has 19 heavy (non-hydrogen) atoms. The molecule has 0 aliphatic rings. The van der Waals surface area contributed by atoms with Gasteiger partial charge in [-0.3, -0.25) is 0 Å². The Bertz CT molecular complexity index is 592. The second kappa shape index (κ2) is 6.30. The van der Waals surface area contributed by atoms with E-state index in [2.05, 4.69) is 10.4 Å². The smallest absolute Gasteiger partial charge is 0.140 e. The first-order valence-corrected chi connectivity index (χ1v) is 6.43. The molecular weight excluding hydrogens is 309 g/mol. The molecule has 1 heterocycles. The molecule has 0 aliphatic carbocycles. The van der Waals surface area contributed by atoms with Crippen LogP contribution in [0.2, 0.25) is 15.1 Å². The fraction of sp³-hybridized carbons (Fsp3) is 0.0833. The second-order valence-corrected chi connectivity index (χ2v) is 4.88. The highest BCUT2D eigenvalue weighted by Crippen LogP contribution is 2.28. The maximum Gasteiger partial charge on any atom is 0.140 e. The van der Waals surface area contributed by atoms with Gasteiger partial charge in [0.15, 0.2) is 0 Å². The number of nitrogens with zero attached hydrogens (tertiary/aromatic N) is 1. The Kier molecular flexibility index (Phi) is 4.71. The molecule has 0 saturated carbocycles. The number of nitrogen functional groups attached to an aromatic ring is 1. The summed E-state index contributed by atoms with van der Waals surface area (Å²) in [6.45, 7) is 0.176. The van der Waals surface area contributed by atoms with Crippen LogP contribution in [0.4, 0.5) is 5.82 Å². The monoisotopic (exact) mass is 317 g/mol. The topological polar surface area (TPSA) is 60.2 Å². The Morgan fingerprint density at radius 1 is 1.11 bits per heavy atom. The van der Waals surface area contributed by atoms with Gasteiger partial charge >= 0.3 is 0 Å². The van der Waals surface area contributed by atoms with Crippen molar-refractivity contribution in [2.75, 3.05) is 5.43 Å². The lowest BCUT2D eigenvalue weighted by atomic mass is 10.3. The molecule has 3 N–H and O–H groups in total. The van der Waals surface area contributed by atoms with Gasteiger partial charge in [0.25, 0.3) is 0 Å². The first kappa shape index (κ1) is 14.2. The van der Waals surface area contributed by atoms with Crippen LogP contribution in [0.15, 0.2) is 30.3 Å². The van der Waals surface area contributed by atoms with E-state index < -0.39 is 0 Å². The van der Waals surface area contributed by atoms with Crippen molar-refractivity contribution in [3.8, 4) is 5.75 Å². The van der Waals surface area contributed by atoms with Gasteiger partial charge in [-0.1, -0.05) is 34.8 Å². The highest BCUT2D eigenvalue weighted by atomic mass is 35.5. The quantitative estimate of drug-likeness (QED) is 0.663. The van der Waals surface area contributed by atoms with Crippen LogP contribution in [0.3, 0.4) is 0 Å². The van der Waals surface area contributed by atoms with E-state index in [1.165, 1.54) is 0 Å². The third-order valence-electron chi connectivity index (χ3n) is 2.32. The number of anilines is 1. The van der Waals surface area contributed by atoms with Crippen molar-refractivity contribution in [2.45, 2.75) is 6.61 Å². The number of hydrogen-bond donors (Lipinski definition) is 2. The fourth-order valence-corrected chi connectivity index (χ4v) is 2.03. The average Bonchev–Trinajstić information content (AvgIpc) is 2.39. The van der Waals surface area contributed by atoms with Crippen molar-refractivity contribution in [3.05, 3.63) is 51.1 Å². The molecule has 0 unspecified atom stereocenters. The van der Waals surface area contributed by atoms with Crippen molar-refractivity contribution in [1.29, 1.82) is 0 Å². The van der Waals surface area contributed by atoms with E-state index in [4.69, 9.17) is 45.4 Å². The molecule has 1 aromatic heterocycles. The lowest BCUT2D eigenvalue weighted by Crippen LogP contribution is -2.10. The summed E-state index contributed by atoms with van der Waals surface area (Å²) in [7, 11) is 0. The van der Waals surface area contributed by atoms with Gasteiger partial charge in [-0.05, 0) is 30.3 Å². The van der Waals surface area contributed by atoms with E-state index >= 15 is 0 Å². The standard InChI is InChI=1S/C12H10Cl3N3O/c13-7-1-3-11(9(15)5-7)19-6-10-8(14)2-4-12(17-10)18-16/h1-5H,6,16H2,(H,17,18). The summed E-state index contributed by atoms with van der Waals surface area (Å²) in [6, 6.07) is 8.33. The van der Waals surface area contributed by atoms with E-state index in [0.717, 1.165) is 0 Å². The lowest BCUT2D eigenvalue weighted by molar-refractivity contribution is 0.302. The molecule has 2 rings (SSSR count). The Morgan fingerprint density at radius 3 is 2.58 bits per heavy atom. The molecule has 0 saturated heterocycles. The number of aromatic nitrogens is 1. The summed E-state index contributed by atoms with van der Waals surface area (Å²) in [4.78, 5) is 4.19. The van der Waals surface area contributed by atoms with Gasteiger partial charge in [0, 0.05) is 5.02 Å². The Morgan fingerprint density at radius 2 is 1.89 bits per heavy atom. The van der Waals surface area contributed by atoms with E-state index in [1.807, 2.05) is 0 Å². The SMILES string of the molecule is NNc1ccc(Cl)c(COc2ccc(Cl)cc2Cl)n1. The van der Waals surface area contributed by atoms with Crippen LogP contribution in [0.1, 0.15) is 5.69 Å². The van der Waals surface area contributed by atoms with Gasteiger partial charge in [0.2, 0.25) is 0 Å². The zero-order chi connectivity index (χ0) is 13.8. The van der Waals surface area contributed by atoms with Crippen LogP contribution >= 0.6 is 34.8 Å². The minimum absolute atomic E-state index is 0.176. The first-order valence-electron chi connectivity index (χ1n) is 5.30. The van der Waals surface area contributed by atoms with Gasteiger partial charge in [-0.25, -0.2) is 10.8 Å². The van der Waals surface area contributed by atoms with Crippen LogP contribution in [0.5, 0.6) is 5.75 Å². The van der Waals surface area contributed by atoms with Crippen molar-refractivity contribution in [3.63, 3.8) is 0 Å². The summed E-state index contributed by atoms with van der Waals surface area (Å²) in [5.74, 6) is 6.30. The van der Waals surface area contributed by atoms with Gasteiger partial charge in [-0.2, -0.15) is 0 Å². The molecular formula is C12H10Cl3N3O. The predicted octanol–water partition coefficient (Wildman–Crippen LogP) is 3.91. The zero-order valence-electron chi connectivity index (χ0n) is 9.66. The van der Waals surface area contributed by atoms with Gasteiger partial charge < -0.3 is 10.2 Å². The number of rotatable bonds is 4. The molecule has 4 nitrogen and oxygen atoms in total. The molecule has 0 radical (unpaired) electrons. The summed E-state index contributed by atoms with van der Waals surface area (Å²) in [5, 5.41) is 1.46. The molecule has 0 aliphatic heterocycles. The number of hydrogen-bond acceptors (Lipinski definition) is 4.